The molecule has 0 radical (unpaired) electrons. The third kappa shape index (κ3) is 10.7. The summed E-state index contributed by atoms with van der Waals surface area (Å²) in [5, 5.41) is 2.97. The molecule has 3 amide bonds. The minimum Gasteiger partial charge on any atom is -0.436 e. The first-order valence-corrected chi connectivity index (χ1v) is 19.8. The molecule has 59 heavy (non-hydrogen) atoms. The number of oxazole rings is 1. The van der Waals surface area contributed by atoms with Crippen LogP contribution in [0.5, 0.6) is 0 Å². The number of H-pyrrole nitrogens is 1. The van der Waals surface area contributed by atoms with Crippen LogP contribution < -0.4 is 5.32 Å². The Morgan fingerprint density at radius 2 is 1.32 bits per heavy atom. The van der Waals surface area contributed by atoms with Crippen LogP contribution >= 0.6 is 0 Å². The second kappa shape index (κ2) is 20.7. The highest BCUT2D eigenvalue weighted by Crippen LogP contribution is 2.32. The van der Waals surface area contributed by atoms with E-state index in [1.165, 1.54) is 0 Å². The van der Waals surface area contributed by atoms with Gasteiger partial charge in [0.15, 0.2) is 5.76 Å². The topological polar surface area (TPSA) is 131 Å². The molecule has 0 unspecified atom stereocenters. The van der Waals surface area contributed by atoms with Crippen molar-refractivity contribution in [2.75, 3.05) is 53.1 Å². The second-order valence-corrected chi connectivity index (χ2v) is 14.6. The van der Waals surface area contributed by atoms with Gasteiger partial charge in [0.05, 0.1) is 30.4 Å². The average molecular weight is 795 g/mol. The smallest absolute Gasteiger partial charge is 0.244 e. The van der Waals surface area contributed by atoms with Gasteiger partial charge in [-0.3, -0.25) is 24.2 Å². The third-order valence-electron chi connectivity index (χ3n) is 9.75. The van der Waals surface area contributed by atoms with E-state index >= 15 is 0 Å². The van der Waals surface area contributed by atoms with E-state index in [4.69, 9.17) is 9.40 Å². The van der Waals surface area contributed by atoms with Crippen LogP contribution in [-0.4, -0.2) is 100 Å². The van der Waals surface area contributed by atoms with E-state index in [9.17, 15) is 14.4 Å². The molecule has 0 aliphatic heterocycles. The van der Waals surface area contributed by atoms with Gasteiger partial charge >= 0.3 is 0 Å². The summed E-state index contributed by atoms with van der Waals surface area (Å²) < 4.78 is 6.31. The number of aromatic nitrogens is 3. The highest BCUT2D eigenvalue weighted by atomic mass is 16.4. The molecule has 0 bridgehead atoms. The van der Waals surface area contributed by atoms with Gasteiger partial charge in [0.25, 0.3) is 0 Å². The van der Waals surface area contributed by atoms with E-state index in [1.54, 1.807) is 17.2 Å². The normalized spacial score (nSPS) is 12.1. The van der Waals surface area contributed by atoms with Gasteiger partial charge in [-0.2, -0.15) is 0 Å². The number of fused-ring (bicyclic) bond motifs is 1. The predicted molar refractivity (Wildman–Crippen MR) is 234 cm³/mol. The molecule has 2 N–H and O–H groups in total. The number of terminal acetylenes is 1. The van der Waals surface area contributed by atoms with Crippen LogP contribution in [0.4, 0.5) is 5.69 Å². The number of hydrogen-bond donors (Lipinski definition) is 2. The van der Waals surface area contributed by atoms with E-state index < -0.39 is 12.1 Å². The van der Waals surface area contributed by atoms with Crippen molar-refractivity contribution in [3.05, 3.63) is 126 Å². The van der Waals surface area contributed by atoms with Crippen molar-refractivity contribution in [3.63, 3.8) is 0 Å². The Hall–Kier alpha value is -6.55. The first kappa shape index (κ1) is 43.6. The van der Waals surface area contributed by atoms with Crippen LogP contribution in [0.25, 0.3) is 33.8 Å². The maximum Gasteiger partial charge on any atom is 0.244 e. The Labute approximate surface area is 347 Å². The quantitative estimate of drug-likeness (QED) is 0.0901. The third-order valence-corrected chi connectivity index (χ3v) is 9.75. The number of imidazole rings is 1. The number of para-hydroxylation sites is 1. The Morgan fingerprint density at radius 3 is 1.92 bits per heavy atom. The van der Waals surface area contributed by atoms with E-state index in [1.807, 2.05) is 147 Å². The number of nitrogens with one attached hydrogen (secondary N) is 2. The fourth-order valence-electron chi connectivity index (χ4n) is 7.18. The molecule has 6 rings (SSSR count). The zero-order chi connectivity index (χ0) is 42.5. The SMILES string of the molecule is C#C.CCCN(CC(=O)Nc1cccc(-c2cnc(-c3cccc4[nH]c(CN(CCC)C(=O)[C@@H](c5ccccc5)N(C)C)nc34)o2)c1)C(=O)[C@@H](c1ccccc1)N(C)C. The van der Waals surface area contributed by atoms with Crippen LogP contribution in [0.2, 0.25) is 0 Å². The van der Waals surface area contributed by atoms with Crippen LogP contribution in [0.3, 0.4) is 0 Å². The molecule has 0 saturated heterocycles. The standard InChI is InChI=1S/C45H52N8O4.C2H2/c1-7-25-52(44(55)41(50(3)4)31-17-11-9-12-18-31)29-38-48-36-24-16-23-35(40(36)49-38)43-46-28-37(57-43)33-21-15-22-34(27-33)47-39(54)30-53(26-8-2)45(56)42(51(5)6)32-19-13-10-14-20-32;1-2/h9-24,27-28,41-42H,7-8,25-26,29-30H2,1-6H3,(H,47,54)(H,48,49);1-2H/t41-,42-;/m1./s1. The van der Waals surface area contributed by atoms with Gasteiger partial charge in [0.2, 0.25) is 23.6 Å². The van der Waals surface area contributed by atoms with Gasteiger partial charge in [0, 0.05) is 24.3 Å². The Balaban J connectivity index is 0.00000326. The fraction of sp³-hybridized carbons (Fsp3) is 0.298. The first-order valence-electron chi connectivity index (χ1n) is 19.8. The largest absolute Gasteiger partial charge is 0.436 e. The number of aromatic amines is 1. The lowest BCUT2D eigenvalue weighted by molar-refractivity contribution is -0.139. The lowest BCUT2D eigenvalue weighted by Gasteiger charge is -2.30. The summed E-state index contributed by atoms with van der Waals surface area (Å²) in [5.41, 5.74) is 5.31. The van der Waals surface area contributed by atoms with Gasteiger partial charge in [-0.1, -0.05) is 92.7 Å². The zero-order valence-electron chi connectivity index (χ0n) is 34.8. The van der Waals surface area contributed by atoms with Crippen molar-refractivity contribution >= 4 is 34.4 Å². The number of nitrogens with zero attached hydrogens (tertiary/aromatic N) is 6. The Morgan fingerprint density at radius 1 is 0.746 bits per heavy atom. The maximum absolute atomic E-state index is 14.0. The number of amides is 3. The van der Waals surface area contributed by atoms with Crippen molar-refractivity contribution in [1.29, 1.82) is 0 Å². The molecule has 2 heterocycles. The number of likely N-dealkylation sites (N-methyl/N-ethyl adjacent to an activating group) is 2. The van der Waals surface area contributed by atoms with E-state index in [0.717, 1.165) is 28.6 Å². The summed E-state index contributed by atoms with van der Waals surface area (Å²) in [7, 11) is 7.58. The molecule has 0 aliphatic carbocycles. The maximum atomic E-state index is 14.0. The second-order valence-electron chi connectivity index (χ2n) is 14.6. The van der Waals surface area contributed by atoms with Gasteiger partial charge in [-0.05, 0) is 76.4 Å². The van der Waals surface area contributed by atoms with Crippen LogP contribution in [0.15, 0.2) is 114 Å². The molecule has 0 saturated carbocycles. The summed E-state index contributed by atoms with van der Waals surface area (Å²) in [6.07, 6.45) is 11.2. The number of benzene rings is 4. The van der Waals surface area contributed by atoms with Crippen LogP contribution in [0.1, 0.15) is 55.7 Å². The monoisotopic (exact) mass is 794 g/mol. The fourth-order valence-corrected chi connectivity index (χ4v) is 7.18. The number of rotatable bonds is 17. The number of hydrogen-bond acceptors (Lipinski definition) is 8. The molecular formula is C47H54N8O4. The molecule has 0 spiro atoms. The van der Waals surface area contributed by atoms with Gasteiger partial charge in [-0.25, -0.2) is 9.97 Å². The van der Waals surface area contributed by atoms with E-state index in [-0.39, 0.29) is 24.3 Å². The minimum absolute atomic E-state index is 0.0114. The highest BCUT2D eigenvalue weighted by molar-refractivity contribution is 5.96. The van der Waals surface area contributed by atoms with E-state index in [2.05, 4.69) is 35.1 Å². The molecule has 0 fully saturated rings. The first-order chi connectivity index (χ1) is 28.6. The number of carbonyl (C=O) groups excluding carboxylic acids is 3. The molecule has 4 aromatic carbocycles. The van der Waals surface area contributed by atoms with E-state index in [0.29, 0.717) is 60.3 Å². The lowest BCUT2D eigenvalue weighted by atomic mass is 10.0. The van der Waals surface area contributed by atoms with Crippen LogP contribution in [0, 0.1) is 12.8 Å². The van der Waals surface area contributed by atoms with Crippen molar-refractivity contribution in [1.82, 2.24) is 34.6 Å². The Bertz CT molecular complexity index is 2320. The summed E-state index contributed by atoms with van der Waals surface area (Å²) in [6.45, 7) is 5.33. The highest BCUT2D eigenvalue weighted by Gasteiger charge is 2.30. The van der Waals surface area contributed by atoms with Gasteiger partial charge in [-0.15, -0.1) is 12.8 Å². The molecular weight excluding hydrogens is 741 g/mol. The van der Waals surface area contributed by atoms with Crippen LogP contribution in [-0.2, 0) is 20.9 Å². The summed E-state index contributed by atoms with van der Waals surface area (Å²) in [6, 6.07) is 31.6. The molecule has 12 heteroatoms. The molecule has 6 aromatic rings. The zero-order valence-corrected chi connectivity index (χ0v) is 34.8. The van der Waals surface area contributed by atoms with Crippen molar-refractivity contribution in [2.24, 2.45) is 0 Å². The van der Waals surface area contributed by atoms with Crippen molar-refractivity contribution < 1.29 is 18.8 Å². The van der Waals surface area contributed by atoms with Gasteiger partial charge in [0.1, 0.15) is 23.4 Å². The van der Waals surface area contributed by atoms with Crippen molar-refractivity contribution in [3.8, 4) is 35.6 Å². The minimum atomic E-state index is -0.505. The van der Waals surface area contributed by atoms with Crippen molar-refractivity contribution in [2.45, 2.75) is 45.3 Å². The molecule has 12 nitrogen and oxygen atoms in total. The molecule has 2 aromatic heterocycles. The predicted octanol–water partition coefficient (Wildman–Crippen LogP) is 7.66. The summed E-state index contributed by atoms with van der Waals surface area (Å²) in [4.78, 5) is 61.4. The molecule has 306 valence electrons. The number of carbonyl (C=O) groups is 3. The average Bonchev–Trinajstić information content (AvgIpc) is 3.90. The molecule has 0 aliphatic rings. The molecule has 2 atom stereocenters. The lowest BCUT2D eigenvalue weighted by Crippen LogP contribution is -2.44. The number of anilines is 1. The Kier molecular flexibility index (Phi) is 15.3. The van der Waals surface area contributed by atoms with Gasteiger partial charge < -0.3 is 24.5 Å². The summed E-state index contributed by atoms with van der Waals surface area (Å²) in [5.74, 6) is 1.16. The summed E-state index contributed by atoms with van der Waals surface area (Å²) >= 11 is 0.